The number of rotatable bonds is 7. The molecule has 134 valence electrons. The lowest BCUT2D eigenvalue weighted by atomic mass is 10.1. The zero-order chi connectivity index (χ0) is 18.4. The summed E-state index contributed by atoms with van der Waals surface area (Å²) in [7, 11) is 0. The van der Waals surface area contributed by atoms with E-state index in [1.165, 1.54) is 0 Å². The molecule has 0 aliphatic carbocycles. The predicted octanol–water partition coefficient (Wildman–Crippen LogP) is 2.68. The molecule has 26 heavy (non-hydrogen) atoms. The molecule has 1 N–H and O–H groups in total. The molecule has 0 radical (unpaired) electrons. The van der Waals surface area contributed by atoms with Gasteiger partial charge in [-0.2, -0.15) is 4.68 Å². The first kappa shape index (κ1) is 18.1. The maximum atomic E-state index is 12.2. The first-order chi connectivity index (χ1) is 12.7. The van der Waals surface area contributed by atoms with Gasteiger partial charge in [-0.05, 0) is 53.2 Å². The molecule has 7 nitrogen and oxygen atoms in total. The van der Waals surface area contributed by atoms with Gasteiger partial charge in [0, 0.05) is 4.47 Å². The van der Waals surface area contributed by atoms with Crippen LogP contribution in [0.15, 0.2) is 53.0 Å². The summed E-state index contributed by atoms with van der Waals surface area (Å²) < 4.78 is 7.92. The smallest absolute Gasteiger partial charge is 0.224 e. The molecule has 0 spiro atoms. The van der Waals surface area contributed by atoms with Crippen molar-refractivity contribution < 1.29 is 9.53 Å². The maximum absolute atomic E-state index is 12.2. The van der Waals surface area contributed by atoms with Crippen molar-refractivity contribution in [2.24, 2.45) is 0 Å². The van der Waals surface area contributed by atoms with Crippen LogP contribution in [0, 0.1) is 0 Å². The number of benzene rings is 2. The van der Waals surface area contributed by atoms with Gasteiger partial charge in [0.25, 0.3) is 0 Å². The van der Waals surface area contributed by atoms with Crippen molar-refractivity contribution in [2.45, 2.75) is 19.9 Å². The summed E-state index contributed by atoms with van der Waals surface area (Å²) in [5.41, 5.74) is 1.73. The summed E-state index contributed by atoms with van der Waals surface area (Å²) in [4.78, 5) is 12.2. The highest BCUT2D eigenvalue weighted by atomic mass is 79.9. The number of hydrogen-bond acceptors (Lipinski definition) is 5. The molecular formula is C18H18BrN5O2. The Kier molecular flexibility index (Phi) is 5.96. The van der Waals surface area contributed by atoms with Crippen LogP contribution in [0.3, 0.4) is 0 Å². The quantitative estimate of drug-likeness (QED) is 0.641. The van der Waals surface area contributed by atoms with Gasteiger partial charge in [-0.3, -0.25) is 4.79 Å². The summed E-state index contributed by atoms with van der Waals surface area (Å²) in [5.74, 6) is 1.26. The van der Waals surface area contributed by atoms with Gasteiger partial charge < -0.3 is 10.1 Å². The number of tetrazole rings is 1. The van der Waals surface area contributed by atoms with Gasteiger partial charge in [0.2, 0.25) is 5.91 Å². The summed E-state index contributed by atoms with van der Waals surface area (Å²) in [6.45, 7) is 2.80. The number of nitrogens with one attached hydrogen (secondary N) is 1. The van der Waals surface area contributed by atoms with Crippen molar-refractivity contribution in [1.29, 1.82) is 0 Å². The van der Waals surface area contributed by atoms with Crippen molar-refractivity contribution in [1.82, 2.24) is 25.5 Å². The van der Waals surface area contributed by atoms with Crippen LogP contribution in [-0.4, -0.2) is 32.7 Å². The van der Waals surface area contributed by atoms with E-state index in [0.29, 0.717) is 12.4 Å². The first-order valence-corrected chi connectivity index (χ1v) is 8.96. The Bertz CT molecular complexity index is 879. The van der Waals surface area contributed by atoms with Gasteiger partial charge in [0.1, 0.15) is 5.75 Å². The van der Waals surface area contributed by atoms with E-state index in [9.17, 15) is 4.79 Å². The van der Waals surface area contributed by atoms with E-state index in [-0.39, 0.29) is 18.9 Å². The van der Waals surface area contributed by atoms with Gasteiger partial charge in [-0.1, -0.05) is 34.1 Å². The molecular weight excluding hydrogens is 398 g/mol. The lowest BCUT2D eigenvalue weighted by molar-refractivity contribution is -0.120. The van der Waals surface area contributed by atoms with Crippen LogP contribution in [-0.2, 0) is 17.8 Å². The number of hydrogen-bond donors (Lipinski definition) is 1. The number of carbonyl (C=O) groups is 1. The van der Waals surface area contributed by atoms with Gasteiger partial charge in [0.15, 0.2) is 5.82 Å². The van der Waals surface area contributed by atoms with Crippen LogP contribution < -0.4 is 10.1 Å². The fraction of sp³-hybridized carbons (Fsp3) is 0.222. The Balaban J connectivity index is 1.59. The molecule has 0 aliphatic rings. The molecule has 2 aromatic carbocycles. The number of carbonyl (C=O) groups excluding carboxylic acids is 1. The number of ether oxygens (including phenoxy) is 1. The molecule has 3 rings (SSSR count). The van der Waals surface area contributed by atoms with Gasteiger partial charge in [-0.15, -0.1) is 5.10 Å². The second-order valence-corrected chi connectivity index (χ2v) is 6.43. The first-order valence-electron chi connectivity index (χ1n) is 8.17. The van der Waals surface area contributed by atoms with E-state index in [0.717, 1.165) is 21.5 Å². The van der Waals surface area contributed by atoms with Crippen molar-refractivity contribution in [3.05, 3.63) is 64.4 Å². The average molecular weight is 416 g/mol. The summed E-state index contributed by atoms with van der Waals surface area (Å²) in [6.07, 6.45) is 0.283. The number of nitrogens with zero attached hydrogens (tertiary/aromatic N) is 4. The predicted molar refractivity (Wildman–Crippen MR) is 100 cm³/mol. The summed E-state index contributed by atoms with van der Waals surface area (Å²) in [5, 5.41) is 14.5. The largest absolute Gasteiger partial charge is 0.494 e. The molecule has 0 fully saturated rings. The highest BCUT2D eigenvalue weighted by Gasteiger charge is 2.10. The highest BCUT2D eigenvalue weighted by Crippen LogP contribution is 2.15. The topological polar surface area (TPSA) is 81.9 Å². The minimum Gasteiger partial charge on any atom is -0.494 e. The van der Waals surface area contributed by atoms with E-state index < -0.39 is 0 Å². The molecule has 0 bridgehead atoms. The molecule has 1 aromatic heterocycles. The van der Waals surface area contributed by atoms with E-state index in [1.807, 2.05) is 55.5 Å². The summed E-state index contributed by atoms with van der Waals surface area (Å²) in [6, 6.07) is 15.1. The second-order valence-electron chi connectivity index (χ2n) is 5.52. The Morgan fingerprint density at radius 1 is 1.23 bits per heavy atom. The number of halogens is 1. The summed E-state index contributed by atoms with van der Waals surface area (Å²) >= 11 is 3.43. The normalized spacial score (nSPS) is 10.5. The third-order valence-electron chi connectivity index (χ3n) is 3.63. The molecule has 0 saturated heterocycles. The standard InChI is InChI=1S/C18H18BrN5O2/c1-2-26-16-8-6-13(7-9-16)10-18(25)20-12-17-21-22-23-24(17)15-5-3-4-14(19)11-15/h3-9,11H,2,10,12H2,1H3,(H,20,25). The Morgan fingerprint density at radius 3 is 2.77 bits per heavy atom. The molecule has 8 heteroatoms. The minimum absolute atomic E-state index is 0.0991. The van der Waals surface area contributed by atoms with Gasteiger partial charge >= 0.3 is 0 Å². The second kappa shape index (κ2) is 8.57. The van der Waals surface area contributed by atoms with Crippen LogP contribution in [0.1, 0.15) is 18.3 Å². The fourth-order valence-corrected chi connectivity index (χ4v) is 2.81. The van der Waals surface area contributed by atoms with Crippen molar-refractivity contribution in [2.75, 3.05) is 6.61 Å². The van der Waals surface area contributed by atoms with E-state index in [1.54, 1.807) is 4.68 Å². The highest BCUT2D eigenvalue weighted by molar-refractivity contribution is 9.10. The van der Waals surface area contributed by atoms with E-state index in [4.69, 9.17) is 4.74 Å². The minimum atomic E-state index is -0.0991. The number of amides is 1. The average Bonchev–Trinajstić information content (AvgIpc) is 3.10. The third kappa shape index (κ3) is 4.66. The Labute approximate surface area is 159 Å². The Morgan fingerprint density at radius 2 is 2.04 bits per heavy atom. The Hall–Kier alpha value is -2.74. The maximum Gasteiger partial charge on any atom is 0.224 e. The van der Waals surface area contributed by atoms with Crippen LogP contribution >= 0.6 is 15.9 Å². The zero-order valence-electron chi connectivity index (χ0n) is 14.2. The van der Waals surface area contributed by atoms with Crippen LogP contribution in [0.25, 0.3) is 5.69 Å². The molecule has 1 heterocycles. The van der Waals surface area contributed by atoms with Crippen LogP contribution in [0.4, 0.5) is 0 Å². The molecule has 0 unspecified atom stereocenters. The molecule has 3 aromatic rings. The van der Waals surface area contributed by atoms with Gasteiger partial charge in [-0.25, -0.2) is 0 Å². The van der Waals surface area contributed by atoms with Crippen molar-refractivity contribution in [3.8, 4) is 11.4 Å². The SMILES string of the molecule is CCOc1ccc(CC(=O)NCc2nnnn2-c2cccc(Br)c2)cc1. The van der Waals surface area contributed by atoms with Crippen LogP contribution in [0.2, 0.25) is 0 Å². The lowest BCUT2D eigenvalue weighted by Crippen LogP contribution is -2.26. The zero-order valence-corrected chi connectivity index (χ0v) is 15.8. The van der Waals surface area contributed by atoms with Crippen molar-refractivity contribution in [3.63, 3.8) is 0 Å². The fourth-order valence-electron chi connectivity index (χ4n) is 2.42. The molecule has 1 amide bonds. The molecule has 0 atom stereocenters. The van der Waals surface area contributed by atoms with Crippen molar-refractivity contribution >= 4 is 21.8 Å². The molecule has 0 saturated carbocycles. The van der Waals surface area contributed by atoms with Gasteiger partial charge in [0.05, 0.1) is 25.3 Å². The third-order valence-corrected chi connectivity index (χ3v) is 4.12. The molecule has 0 aliphatic heterocycles. The number of aromatic nitrogens is 4. The monoisotopic (exact) mass is 415 g/mol. The van der Waals surface area contributed by atoms with E-state index >= 15 is 0 Å². The van der Waals surface area contributed by atoms with E-state index in [2.05, 4.69) is 36.8 Å². The van der Waals surface area contributed by atoms with Crippen LogP contribution in [0.5, 0.6) is 5.75 Å². The lowest BCUT2D eigenvalue weighted by Gasteiger charge is -2.08.